The van der Waals surface area contributed by atoms with Gasteiger partial charge in [-0.15, -0.1) is 0 Å². The van der Waals surface area contributed by atoms with Gasteiger partial charge < -0.3 is 9.84 Å². The first kappa shape index (κ1) is 14.6. The Kier molecular flexibility index (Phi) is 4.47. The third-order valence-corrected chi connectivity index (χ3v) is 3.16. The van der Waals surface area contributed by atoms with Crippen molar-refractivity contribution in [1.29, 1.82) is 0 Å². The Balaban J connectivity index is 2.20. The lowest BCUT2D eigenvalue weighted by molar-refractivity contribution is 0.0692. The summed E-state index contributed by atoms with van der Waals surface area (Å²) < 4.78 is 18.3. The molecule has 0 aliphatic heterocycles. The number of carboxylic acid groups (broad SMARTS) is 1. The van der Waals surface area contributed by atoms with Crippen molar-refractivity contribution in [1.82, 2.24) is 0 Å². The fourth-order valence-corrected chi connectivity index (χ4v) is 1.98. The van der Waals surface area contributed by atoms with Gasteiger partial charge in [0.2, 0.25) is 0 Å². The Morgan fingerprint density at radius 1 is 1.20 bits per heavy atom. The van der Waals surface area contributed by atoms with Crippen LogP contribution in [0.3, 0.4) is 0 Å². The van der Waals surface area contributed by atoms with Crippen LogP contribution in [0.2, 0.25) is 10.0 Å². The lowest BCUT2D eigenvalue weighted by Crippen LogP contribution is -2.04. The number of halogens is 3. The van der Waals surface area contributed by atoms with E-state index in [4.69, 9.17) is 33.0 Å². The summed E-state index contributed by atoms with van der Waals surface area (Å²) >= 11 is 11.6. The molecule has 0 aliphatic rings. The van der Waals surface area contributed by atoms with E-state index in [1.807, 2.05) is 0 Å². The molecular weight excluding hydrogens is 306 g/mol. The first-order chi connectivity index (χ1) is 9.47. The van der Waals surface area contributed by atoms with Crippen LogP contribution in [0.1, 0.15) is 15.9 Å². The number of rotatable bonds is 4. The molecule has 0 bridgehead atoms. The molecule has 20 heavy (non-hydrogen) atoms. The van der Waals surface area contributed by atoms with Crippen LogP contribution >= 0.6 is 23.2 Å². The second-order valence-electron chi connectivity index (χ2n) is 3.97. The monoisotopic (exact) mass is 314 g/mol. The Morgan fingerprint density at radius 3 is 2.60 bits per heavy atom. The van der Waals surface area contributed by atoms with E-state index < -0.39 is 11.8 Å². The van der Waals surface area contributed by atoms with Gasteiger partial charge in [0, 0.05) is 10.6 Å². The van der Waals surface area contributed by atoms with E-state index in [1.165, 1.54) is 36.4 Å². The van der Waals surface area contributed by atoms with Gasteiger partial charge in [-0.3, -0.25) is 0 Å². The van der Waals surface area contributed by atoms with E-state index in [0.29, 0.717) is 10.6 Å². The van der Waals surface area contributed by atoms with Crippen molar-refractivity contribution in [2.45, 2.75) is 6.61 Å². The van der Waals surface area contributed by atoms with E-state index >= 15 is 0 Å². The van der Waals surface area contributed by atoms with Crippen molar-refractivity contribution >= 4 is 29.2 Å². The summed E-state index contributed by atoms with van der Waals surface area (Å²) in [4.78, 5) is 11.1. The van der Waals surface area contributed by atoms with E-state index in [-0.39, 0.29) is 22.9 Å². The number of hydrogen-bond donors (Lipinski definition) is 1. The van der Waals surface area contributed by atoms with Crippen LogP contribution in [0, 0.1) is 5.82 Å². The minimum atomic E-state index is -1.15. The second-order valence-corrected chi connectivity index (χ2v) is 4.81. The Labute approximate surface area is 124 Å². The molecule has 2 aromatic rings. The average molecular weight is 315 g/mol. The highest BCUT2D eigenvalue weighted by molar-refractivity contribution is 6.31. The summed E-state index contributed by atoms with van der Waals surface area (Å²) in [5, 5.41) is 9.58. The molecular formula is C14H9Cl2FO3. The molecule has 0 fully saturated rings. The quantitative estimate of drug-likeness (QED) is 0.909. The van der Waals surface area contributed by atoms with Gasteiger partial charge in [-0.05, 0) is 30.3 Å². The molecule has 1 N–H and O–H groups in total. The molecule has 0 aromatic heterocycles. The molecule has 2 rings (SSSR count). The molecule has 0 amide bonds. The van der Waals surface area contributed by atoms with Gasteiger partial charge in [-0.25, -0.2) is 9.18 Å². The van der Waals surface area contributed by atoms with Crippen molar-refractivity contribution in [2.75, 3.05) is 0 Å². The molecule has 0 radical (unpaired) electrons. The number of aromatic carboxylic acids is 1. The molecule has 0 atom stereocenters. The molecule has 0 unspecified atom stereocenters. The zero-order valence-electron chi connectivity index (χ0n) is 10.1. The van der Waals surface area contributed by atoms with Crippen molar-refractivity contribution < 1.29 is 19.0 Å². The average Bonchev–Trinajstić information content (AvgIpc) is 2.38. The molecule has 2 aromatic carbocycles. The van der Waals surface area contributed by atoms with Crippen molar-refractivity contribution in [2.24, 2.45) is 0 Å². The van der Waals surface area contributed by atoms with Gasteiger partial charge in [0.1, 0.15) is 23.7 Å². The summed E-state index contributed by atoms with van der Waals surface area (Å²) in [6, 6.07) is 8.18. The molecule has 0 saturated heterocycles. The highest BCUT2D eigenvalue weighted by Crippen LogP contribution is 2.25. The van der Waals surface area contributed by atoms with Crippen LogP contribution in [0.25, 0.3) is 0 Å². The third kappa shape index (κ3) is 3.40. The Bertz CT molecular complexity index is 659. The van der Waals surface area contributed by atoms with Crippen molar-refractivity contribution in [3.8, 4) is 5.75 Å². The normalized spacial score (nSPS) is 10.3. The molecule has 0 heterocycles. The minimum Gasteiger partial charge on any atom is -0.488 e. The zero-order valence-corrected chi connectivity index (χ0v) is 11.6. The molecule has 0 saturated carbocycles. The van der Waals surface area contributed by atoms with E-state index in [0.717, 1.165) is 0 Å². The summed E-state index contributed by atoms with van der Waals surface area (Å²) in [6.07, 6.45) is 0. The third-order valence-electron chi connectivity index (χ3n) is 2.57. The van der Waals surface area contributed by atoms with Gasteiger partial charge in [-0.2, -0.15) is 0 Å². The fourth-order valence-electron chi connectivity index (χ4n) is 1.59. The topological polar surface area (TPSA) is 46.5 Å². The van der Waals surface area contributed by atoms with Crippen LogP contribution in [-0.4, -0.2) is 11.1 Å². The SMILES string of the molecule is O=C(O)c1cc(Cl)ccc1OCc1ccc(F)cc1Cl. The van der Waals surface area contributed by atoms with E-state index in [9.17, 15) is 9.18 Å². The minimum absolute atomic E-state index is 0.0288. The number of carboxylic acids is 1. The Hall–Kier alpha value is -1.78. The van der Waals surface area contributed by atoms with Crippen molar-refractivity contribution in [3.63, 3.8) is 0 Å². The predicted molar refractivity (Wildman–Crippen MR) is 74.2 cm³/mol. The van der Waals surface area contributed by atoms with Crippen LogP contribution in [0.4, 0.5) is 4.39 Å². The number of benzene rings is 2. The zero-order chi connectivity index (χ0) is 14.7. The van der Waals surface area contributed by atoms with Crippen LogP contribution in [-0.2, 0) is 6.61 Å². The fraction of sp³-hybridized carbons (Fsp3) is 0.0714. The van der Waals surface area contributed by atoms with Gasteiger partial charge in [0.05, 0.1) is 5.02 Å². The molecule has 104 valence electrons. The van der Waals surface area contributed by atoms with Crippen LogP contribution in [0.15, 0.2) is 36.4 Å². The van der Waals surface area contributed by atoms with Gasteiger partial charge in [-0.1, -0.05) is 29.3 Å². The lowest BCUT2D eigenvalue weighted by atomic mass is 10.2. The largest absolute Gasteiger partial charge is 0.488 e. The molecule has 0 spiro atoms. The highest BCUT2D eigenvalue weighted by Gasteiger charge is 2.12. The summed E-state index contributed by atoms with van der Waals surface area (Å²) in [7, 11) is 0. The Morgan fingerprint density at radius 2 is 1.95 bits per heavy atom. The highest BCUT2D eigenvalue weighted by atomic mass is 35.5. The van der Waals surface area contributed by atoms with Crippen LogP contribution < -0.4 is 4.74 Å². The van der Waals surface area contributed by atoms with Gasteiger partial charge in [0.25, 0.3) is 0 Å². The summed E-state index contributed by atoms with van der Waals surface area (Å²) in [5.74, 6) is -1.42. The number of hydrogen-bond acceptors (Lipinski definition) is 2. The maximum absolute atomic E-state index is 12.9. The maximum Gasteiger partial charge on any atom is 0.339 e. The summed E-state index contributed by atoms with van der Waals surface area (Å²) in [6.45, 7) is 0.0288. The van der Waals surface area contributed by atoms with Crippen LogP contribution in [0.5, 0.6) is 5.75 Å². The predicted octanol–water partition coefficient (Wildman–Crippen LogP) is 4.41. The first-order valence-corrected chi connectivity index (χ1v) is 6.32. The molecule has 0 aliphatic carbocycles. The lowest BCUT2D eigenvalue weighted by Gasteiger charge is -2.10. The number of ether oxygens (including phenoxy) is 1. The van der Waals surface area contributed by atoms with Gasteiger partial charge in [0.15, 0.2) is 0 Å². The maximum atomic E-state index is 12.9. The molecule has 3 nitrogen and oxygen atoms in total. The van der Waals surface area contributed by atoms with E-state index in [1.54, 1.807) is 0 Å². The summed E-state index contributed by atoms with van der Waals surface area (Å²) in [5.41, 5.74) is 0.509. The van der Waals surface area contributed by atoms with E-state index in [2.05, 4.69) is 0 Å². The van der Waals surface area contributed by atoms with Crippen molar-refractivity contribution in [3.05, 3.63) is 63.4 Å². The second kappa shape index (κ2) is 6.11. The first-order valence-electron chi connectivity index (χ1n) is 5.57. The number of carbonyl (C=O) groups is 1. The van der Waals surface area contributed by atoms with Gasteiger partial charge >= 0.3 is 5.97 Å². The molecule has 6 heteroatoms. The smallest absolute Gasteiger partial charge is 0.339 e. The standard InChI is InChI=1S/C14H9Cl2FO3/c15-9-2-4-13(11(5-9)14(18)19)20-7-8-1-3-10(17)6-12(8)16/h1-6H,7H2,(H,18,19).